The smallest absolute Gasteiger partial charge is 0.101 e. The summed E-state index contributed by atoms with van der Waals surface area (Å²) in [4.78, 5) is 0. The molecule has 0 saturated heterocycles. The highest BCUT2D eigenvalue weighted by Crippen LogP contribution is 2.21. The molecule has 0 atom stereocenters. The highest BCUT2D eigenvalue weighted by atomic mass is 35.5. The quantitative estimate of drug-likeness (QED) is 0.819. The maximum absolute atomic E-state index is 8.80. The van der Waals surface area contributed by atoms with Crippen LogP contribution in [0.15, 0.2) is 18.2 Å². The second-order valence-corrected chi connectivity index (χ2v) is 5.55. The molecule has 1 aliphatic carbocycles. The standard InChI is InChI=1S/C15H20ClN3O/c16-15-9-13(4-1-11(15)10-17)19-7-8-20-14-5-2-12(18)3-6-14/h1,4,9,12,14,19H,2-3,5-8,18H2. The molecule has 1 aromatic rings. The summed E-state index contributed by atoms with van der Waals surface area (Å²) in [6.07, 6.45) is 4.58. The van der Waals surface area contributed by atoms with Gasteiger partial charge in [0.05, 0.1) is 23.3 Å². The van der Waals surface area contributed by atoms with Gasteiger partial charge in [-0.05, 0) is 43.9 Å². The van der Waals surface area contributed by atoms with E-state index in [-0.39, 0.29) is 0 Å². The lowest BCUT2D eigenvalue weighted by Crippen LogP contribution is -2.31. The molecule has 108 valence electrons. The molecular formula is C15H20ClN3O. The first-order valence-corrected chi connectivity index (χ1v) is 7.37. The van der Waals surface area contributed by atoms with E-state index in [9.17, 15) is 0 Å². The van der Waals surface area contributed by atoms with E-state index in [1.54, 1.807) is 12.1 Å². The van der Waals surface area contributed by atoms with Crippen LogP contribution in [0, 0.1) is 11.3 Å². The molecule has 1 aromatic carbocycles. The number of anilines is 1. The van der Waals surface area contributed by atoms with E-state index in [0.29, 0.717) is 29.3 Å². The SMILES string of the molecule is N#Cc1ccc(NCCOC2CCC(N)CC2)cc1Cl. The van der Waals surface area contributed by atoms with Crippen molar-refractivity contribution in [3.63, 3.8) is 0 Å². The predicted molar refractivity (Wildman–Crippen MR) is 80.8 cm³/mol. The third kappa shape index (κ3) is 4.38. The number of hydrogen-bond acceptors (Lipinski definition) is 4. The van der Waals surface area contributed by atoms with E-state index >= 15 is 0 Å². The molecule has 1 fully saturated rings. The van der Waals surface area contributed by atoms with E-state index in [2.05, 4.69) is 5.32 Å². The summed E-state index contributed by atoms with van der Waals surface area (Å²) < 4.78 is 5.82. The van der Waals surface area contributed by atoms with Crippen LogP contribution in [0.5, 0.6) is 0 Å². The number of hydrogen-bond donors (Lipinski definition) is 2. The Morgan fingerprint density at radius 1 is 1.35 bits per heavy atom. The minimum Gasteiger partial charge on any atom is -0.383 e. The van der Waals surface area contributed by atoms with E-state index in [0.717, 1.165) is 37.9 Å². The minimum absolute atomic E-state index is 0.348. The van der Waals surface area contributed by atoms with Crippen LogP contribution in [0.4, 0.5) is 5.69 Å². The summed E-state index contributed by atoms with van der Waals surface area (Å²) in [5, 5.41) is 12.5. The highest BCUT2D eigenvalue weighted by Gasteiger charge is 2.18. The highest BCUT2D eigenvalue weighted by molar-refractivity contribution is 6.32. The van der Waals surface area contributed by atoms with E-state index in [1.165, 1.54) is 0 Å². The molecule has 0 aliphatic heterocycles. The zero-order valence-corrected chi connectivity index (χ0v) is 12.2. The zero-order chi connectivity index (χ0) is 14.4. The summed E-state index contributed by atoms with van der Waals surface area (Å²) >= 11 is 5.97. The van der Waals surface area contributed by atoms with Crippen molar-refractivity contribution in [3.05, 3.63) is 28.8 Å². The van der Waals surface area contributed by atoms with Gasteiger partial charge in [0.15, 0.2) is 0 Å². The van der Waals surface area contributed by atoms with Crippen molar-refractivity contribution in [3.8, 4) is 6.07 Å². The lowest BCUT2D eigenvalue weighted by molar-refractivity contribution is 0.0313. The van der Waals surface area contributed by atoms with Gasteiger partial charge in [0.25, 0.3) is 0 Å². The third-order valence-corrected chi connectivity index (χ3v) is 3.91. The molecule has 0 aromatic heterocycles. The van der Waals surface area contributed by atoms with Gasteiger partial charge in [0.2, 0.25) is 0 Å². The van der Waals surface area contributed by atoms with Gasteiger partial charge in [-0.1, -0.05) is 11.6 Å². The lowest BCUT2D eigenvalue weighted by atomic mass is 9.94. The maximum Gasteiger partial charge on any atom is 0.101 e. The lowest BCUT2D eigenvalue weighted by Gasteiger charge is -2.26. The number of rotatable bonds is 5. The van der Waals surface area contributed by atoms with Gasteiger partial charge in [-0.3, -0.25) is 0 Å². The second kappa shape index (κ2) is 7.49. The molecule has 20 heavy (non-hydrogen) atoms. The third-order valence-electron chi connectivity index (χ3n) is 3.59. The average Bonchev–Trinajstić information content (AvgIpc) is 2.46. The molecule has 5 heteroatoms. The Balaban J connectivity index is 1.68. The minimum atomic E-state index is 0.348. The number of nitrogens with one attached hydrogen (secondary N) is 1. The molecule has 4 nitrogen and oxygen atoms in total. The van der Waals surface area contributed by atoms with Crippen LogP contribution >= 0.6 is 11.6 Å². The van der Waals surface area contributed by atoms with Crippen LogP contribution in [0.25, 0.3) is 0 Å². The van der Waals surface area contributed by atoms with Gasteiger partial charge < -0.3 is 15.8 Å². The molecule has 0 unspecified atom stereocenters. The normalized spacial score (nSPS) is 22.2. The van der Waals surface area contributed by atoms with Gasteiger partial charge in [0.1, 0.15) is 6.07 Å². The largest absolute Gasteiger partial charge is 0.383 e. The van der Waals surface area contributed by atoms with E-state index in [4.69, 9.17) is 27.3 Å². The van der Waals surface area contributed by atoms with Gasteiger partial charge in [0, 0.05) is 18.3 Å². The summed E-state index contributed by atoms with van der Waals surface area (Å²) in [5.74, 6) is 0. The fourth-order valence-corrected chi connectivity index (χ4v) is 2.61. The van der Waals surface area contributed by atoms with Crippen molar-refractivity contribution in [1.82, 2.24) is 0 Å². The van der Waals surface area contributed by atoms with Crippen LogP contribution in [0.2, 0.25) is 5.02 Å². The van der Waals surface area contributed by atoms with Crippen molar-refractivity contribution in [2.24, 2.45) is 5.73 Å². The summed E-state index contributed by atoms with van der Waals surface area (Å²) in [7, 11) is 0. The number of nitriles is 1. The van der Waals surface area contributed by atoms with Crippen molar-refractivity contribution in [2.45, 2.75) is 37.8 Å². The number of nitrogens with zero attached hydrogens (tertiary/aromatic N) is 1. The molecule has 1 aliphatic rings. The van der Waals surface area contributed by atoms with Crippen LogP contribution < -0.4 is 11.1 Å². The first-order chi connectivity index (χ1) is 9.69. The van der Waals surface area contributed by atoms with Gasteiger partial charge in [-0.25, -0.2) is 0 Å². The van der Waals surface area contributed by atoms with E-state index < -0.39 is 0 Å². The Kier molecular flexibility index (Phi) is 5.66. The molecule has 0 spiro atoms. The number of ether oxygens (including phenoxy) is 1. The van der Waals surface area contributed by atoms with Crippen LogP contribution in [-0.4, -0.2) is 25.3 Å². The Morgan fingerprint density at radius 3 is 2.75 bits per heavy atom. The van der Waals surface area contributed by atoms with Gasteiger partial charge in [-0.2, -0.15) is 5.26 Å². The first-order valence-electron chi connectivity index (χ1n) is 6.99. The van der Waals surface area contributed by atoms with Crippen molar-refractivity contribution in [2.75, 3.05) is 18.5 Å². The van der Waals surface area contributed by atoms with Gasteiger partial charge in [-0.15, -0.1) is 0 Å². The summed E-state index contributed by atoms with van der Waals surface area (Å²) in [5.41, 5.74) is 7.26. The van der Waals surface area contributed by atoms with Crippen molar-refractivity contribution < 1.29 is 4.74 Å². The van der Waals surface area contributed by atoms with Crippen LogP contribution in [0.3, 0.4) is 0 Å². The molecule has 0 bridgehead atoms. The van der Waals surface area contributed by atoms with Crippen LogP contribution in [-0.2, 0) is 4.74 Å². The van der Waals surface area contributed by atoms with Crippen molar-refractivity contribution in [1.29, 1.82) is 5.26 Å². The fraction of sp³-hybridized carbons (Fsp3) is 0.533. The fourth-order valence-electron chi connectivity index (χ4n) is 2.39. The average molecular weight is 294 g/mol. The first kappa shape index (κ1) is 15.1. The molecule has 1 saturated carbocycles. The molecular weight excluding hydrogens is 274 g/mol. The van der Waals surface area contributed by atoms with E-state index in [1.807, 2.05) is 12.1 Å². The summed E-state index contributed by atoms with van der Waals surface area (Å²) in [6, 6.07) is 7.73. The van der Waals surface area contributed by atoms with Gasteiger partial charge >= 0.3 is 0 Å². The zero-order valence-electron chi connectivity index (χ0n) is 11.4. The number of halogens is 1. The predicted octanol–water partition coefficient (Wildman–Crippen LogP) is 2.91. The Labute approximate surface area is 124 Å². The monoisotopic (exact) mass is 293 g/mol. The maximum atomic E-state index is 8.80. The van der Waals surface area contributed by atoms with Crippen LogP contribution in [0.1, 0.15) is 31.2 Å². The Hall–Kier alpha value is -1.28. The topological polar surface area (TPSA) is 71.1 Å². The molecule has 0 radical (unpaired) electrons. The second-order valence-electron chi connectivity index (χ2n) is 5.14. The number of benzene rings is 1. The summed E-state index contributed by atoms with van der Waals surface area (Å²) in [6.45, 7) is 1.39. The molecule has 2 rings (SSSR count). The molecule has 3 N–H and O–H groups in total. The van der Waals surface area contributed by atoms with Crippen molar-refractivity contribution >= 4 is 17.3 Å². The number of nitrogens with two attached hydrogens (primary N) is 1. The Bertz CT molecular complexity index is 478. The molecule has 0 amide bonds. The Morgan fingerprint density at radius 2 is 2.10 bits per heavy atom. The molecule has 0 heterocycles.